The number of fused-ring (bicyclic) bond motifs is 2. The van der Waals surface area contributed by atoms with E-state index in [1.165, 1.54) is 30.0 Å². The molecule has 0 amide bonds. The summed E-state index contributed by atoms with van der Waals surface area (Å²) in [6.07, 6.45) is 8.19. The highest BCUT2D eigenvalue weighted by Gasteiger charge is 2.48. The van der Waals surface area contributed by atoms with Gasteiger partial charge in [0.05, 0.1) is 17.0 Å². The molecule has 2 aliphatic rings. The van der Waals surface area contributed by atoms with Crippen LogP contribution in [0.2, 0.25) is 0 Å². The van der Waals surface area contributed by atoms with E-state index >= 15 is 0 Å². The summed E-state index contributed by atoms with van der Waals surface area (Å²) in [4.78, 5) is 2.39. The lowest BCUT2D eigenvalue weighted by Gasteiger charge is -2.41. The van der Waals surface area contributed by atoms with Gasteiger partial charge in [-0.15, -0.1) is 18.3 Å². The van der Waals surface area contributed by atoms with Crippen LogP contribution in [-0.2, 0) is 10.1 Å². The molecule has 0 saturated heterocycles. The van der Waals surface area contributed by atoms with E-state index in [9.17, 15) is 26.0 Å². The lowest BCUT2D eigenvalue weighted by molar-refractivity contribution is -0.0500. The molecule has 0 saturated carbocycles. The van der Waals surface area contributed by atoms with Gasteiger partial charge in [0.25, 0.3) is 0 Å². The van der Waals surface area contributed by atoms with Crippen LogP contribution in [0.4, 0.5) is 28.9 Å². The minimum Gasteiger partial charge on any atom is -0.376 e. The maximum Gasteiger partial charge on any atom is 0.534 e. The number of benzene rings is 3. The molecule has 0 radical (unpaired) electrons. The Kier molecular flexibility index (Phi) is 9.84. The third-order valence-corrected chi connectivity index (χ3v) is 9.16. The van der Waals surface area contributed by atoms with Crippen LogP contribution in [0, 0.1) is 5.82 Å². The second kappa shape index (κ2) is 13.0. The molecule has 0 bridgehead atoms. The number of hydrogen-bond donors (Lipinski definition) is 1. The summed E-state index contributed by atoms with van der Waals surface area (Å²) in [6.45, 7) is 13.9. The molecule has 0 aromatic heterocycles. The number of anilines is 2. The number of hydrogen-bond acceptors (Lipinski definition) is 6. The van der Waals surface area contributed by atoms with E-state index in [1.54, 1.807) is 13.0 Å². The van der Waals surface area contributed by atoms with E-state index in [0.29, 0.717) is 16.8 Å². The van der Waals surface area contributed by atoms with E-state index in [4.69, 9.17) is 0 Å². The number of allylic oxidation sites excluding steroid dienone is 1. The van der Waals surface area contributed by atoms with Crippen molar-refractivity contribution in [3.63, 3.8) is 0 Å². The maximum absolute atomic E-state index is 14.1. The summed E-state index contributed by atoms with van der Waals surface area (Å²) in [7, 11) is -5.66. The average molecular weight is 661 g/mol. The van der Waals surface area contributed by atoms with Gasteiger partial charge in [-0.2, -0.15) is 21.6 Å². The molecule has 0 atom stereocenters. The lowest BCUT2D eigenvalue weighted by Crippen LogP contribution is -2.44. The van der Waals surface area contributed by atoms with Gasteiger partial charge in [-0.1, -0.05) is 48.6 Å². The van der Waals surface area contributed by atoms with E-state index in [2.05, 4.69) is 59.1 Å². The second-order valence-corrected chi connectivity index (χ2v) is 14.4. The Bertz CT molecular complexity index is 1750. The first kappa shape index (κ1) is 34.2. The zero-order valence-corrected chi connectivity index (χ0v) is 27.3. The Balaban J connectivity index is 0.000000207. The van der Waals surface area contributed by atoms with Gasteiger partial charge >= 0.3 is 15.6 Å². The van der Waals surface area contributed by atoms with Crippen LogP contribution in [-0.4, -0.2) is 36.6 Å². The molecular weight excluding hydrogens is 625 g/mol. The van der Waals surface area contributed by atoms with Crippen molar-refractivity contribution in [3.8, 4) is 16.9 Å². The maximum atomic E-state index is 14.1. The molecule has 2 heterocycles. The van der Waals surface area contributed by atoms with E-state index in [0.717, 1.165) is 28.3 Å². The Labute approximate surface area is 266 Å². The van der Waals surface area contributed by atoms with Crippen molar-refractivity contribution in [3.05, 3.63) is 102 Å². The fourth-order valence-corrected chi connectivity index (χ4v) is 6.52. The number of nitrogens with one attached hydrogen (secondary N) is 1. The Morgan fingerprint density at radius 2 is 1.73 bits per heavy atom. The Morgan fingerprint density at radius 3 is 2.40 bits per heavy atom. The van der Waals surface area contributed by atoms with Gasteiger partial charge in [0.1, 0.15) is 11.6 Å². The molecule has 0 fully saturated rings. The second-order valence-electron chi connectivity index (χ2n) is 11.8. The smallest absolute Gasteiger partial charge is 0.376 e. The summed E-state index contributed by atoms with van der Waals surface area (Å²) in [5.41, 5.74) is 0.227. The minimum atomic E-state index is -5.66. The minimum absolute atomic E-state index is 0.0410. The first-order chi connectivity index (χ1) is 20.9. The van der Waals surface area contributed by atoms with Gasteiger partial charge in [0.2, 0.25) is 0 Å². The molecule has 11 heteroatoms. The fraction of sp³-hybridized carbons (Fsp3) is 0.294. The fourth-order valence-electron chi connectivity index (χ4n) is 5.14. The lowest BCUT2D eigenvalue weighted by atomic mass is 9.91. The molecule has 1 N–H and O–H groups in total. The Hall–Kier alpha value is -3.70. The molecule has 5 rings (SSSR count). The average Bonchev–Trinajstić information content (AvgIpc) is 2.94. The molecule has 240 valence electrons. The van der Waals surface area contributed by atoms with E-state index in [1.807, 2.05) is 56.0 Å². The summed E-state index contributed by atoms with van der Waals surface area (Å²) >= 11 is 1.84. The Morgan fingerprint density at radius 1 is 1.02 bits per heavy atom. The third kappa shape index (κ3) is 7.94. The highest BCUT2D eigenvalue weighted by molar-refractivity contribution is 7.99. The quantitative estimate of drug-likeness (QED) is 0.0896. The molecule has 0 aliphatic carbocycles. The molecule has 2 aliphatic heterocycles. The van der Waals surface area contributed by atoms with Crippen molar-refractivity contribution in [2.75, 3.05) is 21.8 Å². The van der Waals surface area contributed by atoms with Crippen molar-refractivity contribution in [2.24, 2.45) is 0 Å². The first-order valence-electron chi connectivity index (χ1n) is 14.1. The zero-order chi connectivity index (χ0) is 33.2. The van der Waals surface area contributed by atoms with Gasteiger partial charge in [0.15, 0.2) is 0 Å². The van der Waals surface area contributed by atoms with Gasteiger partial charge < -0.3 is 14.4 Å². The highest BCUT2D eigenvalue weighted by atomic mass is 32.2. The molecule has 0 unspecified atom stereocenters. The number of rotatable bonds is 7. The van der Waals surface area contributed by atoms with E-state index in [-0.39, 0.29) is 22.6 Å². The molecule has 45 heavy (non-hydrogen) atoms. The topological polar surface area (TPSA) is 58.6 Å². The van der Waals surface area contributed by atoms with Gasteiger partial charge in [0, 0.05) is 28.3 Å². The number of alkyl halides is 3. The summed E-state index contributed by atoms with van der Waals surface area (Å²) in [6, 6.07) is 17.1. The van der Waals surface area contributed by atoms with Crippen LogP contribution in [0.1, 0.15) is 45.7 Å². The third-order valence-electron chi connectivity index (χ3n) is 7.27. The van der Waals surface area contributed by atoms with Crippen LogP contribution in [0.3, 0.4) is 0 Å². The van der Waals surface area contributed by atoms with Crippen LogP contribution < -0.4 is 14.4 Å². The summed E-state index contributed by atoms with van der Waals surface area (Å²) < 4.78 is 77.1. The standard InChI is InChI=1S/C21H22FNS.C13H14F3NO3S/c1-4-13-24-15-23-20-10-9-16(18-7-5-6-8-19(18)22)14-17(20)11-12-21(23,2)3;1-8-7-12(2,3)17-11-5-4-9(6-10(8)11)20-21(18,19)13(14,15)16/h4-12,14H,1,13,15H2,2-3H3;4-7,17H,1-3H3. The van der Waals surface area contributed by atoms with Crippen molar-refractivity contribution < 1.29 is 30.2 Å². The summed E-state index contributed by atoms with van der Waals surface area (Å²) in [5, 5.41) is 3.18. The highest BCUT2D eigenvalue weighted by Crippen LogP contribution is 2.39. The largest absolute Gasteiger partial charge is 0.534 e. The zero-order valence-electron chi connectivity index (χ0n) is 25.7. The first-order valence-corrected chi connectivity index (χ1v) is 16.7. The SMILES string of the molecule is C=CCSCN1c2ccc(-c3ccccc3F)cc2C=CC1(C)C.CC1=CC(C)(C)Nc2ccc(OS(=O)(=O)C(F)(F)F)cc21. The van der Waals surface area contributed by atoms with Crippen molar-refractivity contribution in [1.82, 2.24) is 0 Å². The molecule has 3 aromatic carbocycles. The van der Waals surface area contributed by atoms with Crippen LogP contribution in [0.15, 0.2) is 85.5 Å². The monoisotopic (exact) mass is 660 g/mol. The van der Waals surface area contributed by atoms with Crippen LogP contribution >= 0.6 is 11.8 Å². The number of halogens is 4. The predicted molar refractivity (Wildman–Crippen MR) is 178 cm³/mol. The van der Waals surface area contributed by atoms with Crippen LogP contribution in [0.5, 0.6) is 5.75 Å². The normalized spacial score (nSPS) is 16.3. The van der Waals surface area contributed by atoms with E-state index < -0.39 is 15.6 Å². The number of nitrogens with zero attached hydrogens (tertiary/aromatic N) is 1. The molecular formula is C34H36F4N2O3S2. The van der Waals surface area contributed by atoms with Gasteiger partial charge in [-0.3, -0.25) is 0 Å². The molecule has 3 aromatic rings. The molecule has 0 spiro atoms. The van der Waals surface area contributed by atoms with Gasteiger partial charge in [-0.25, -0.2) is 4.39 Å². The number of thioether (sulfide) groups is 1. The van der Waals surface area contributed by atoms with Crippen LogP contribution in [0.25, 0.3) is 22.8 Å². The molecule has 5 nitrogen and oxygen atoms in total. The van der Waals surface area contributed by atoms with Crippen molar-refractivity contribution >= 4 is 44.9 Å². The van der Waals surface area contributed by atoms with Gasteiger partial charge in [-0.05, 0) is 87.7 Å². The predicted octanol–water partition coefficient (Wildman–Crippen LogP) is 9.50. The summed E-state index contributed by atoms with van der Waals surface area (Å²) in [5.74, 6) is 1.27. The van der Waals surface area contributed by atoms with Crippen molar-refractivity contribution in [2.45, 2.75) is 51.2 Å². The van der Waals surface area contributed by atoms with Crippen molar-refractivity contribution in [1.29, 1.82) is 0 Å².